The van der Waals surface area contributed by atoms with E-state index in [2.05, 4.69) is 29.2 Å². The molecular weight excluding hydrogens is 256 g/mol. The summed E-state index contributed by atoms with van der Waals surface area (Å²) in [6, 6.07) is 7.01. The molecule has 0 saturated heterocycles. The quantitative estimate of drug-likeness (QED) is 0.749. The highest BCUT2D eigenvalue weighted by Gasteiger charge is 2.06. The second-order valence-corrected chi connectivity index (χ2v) is 4.95. The Balaban J connectivity index is 2.38. The van der Waals surface area contributed by atoms with Gasteiger partial charge in [0.1, 0.15) is 0 Å². The number of methoxy groups -OCH3 is 1. The second kappa shape index (κ2) is 8.19. The maximum atomic E-state index is 11.5. The number of benzene rings is 1. The zero-order chi connectivity index (χ0) is 15.0. The Bertz CT molecular complexity index is 458. The number of ether oxygens (including phenoxy) is 1. The first-order valence-corrected chi connectivity index (χ1v) is 6.72. The van der Waals surface area contributed by atoms with Crippen LogP contribution in [0.3, 0.4) is 0 Å². The molecule has 0 radical (unpaired) electrons. The summed E-state index contributed by atoms with van der Waals surface area (Å²) in [5.41, 5.74) is 1.28. The SMILES string of the molecule is COC(=O)c1cccc(NCCC(=O)NCC(C)C)c1. The van der Waals surface area contributed by atoms with Crippen molar-refractivity contribution in [2.45, 2.75) is 20.3 Å². The average Bonchev–Trinajstić information content (AvgIpc) is 2.44. The normalized spacial score (nSPS) is 10.2. The standard InChI is InChI=1S/C15H22N2O3/c1-11(2)10-17-14(18)7-8-16-13-6-4-5-12(9-13)15(19)20-3/h4-6,9,11,16H,7-8,10H2,1-3H3,(H,17,18). The van der Waals surface area contributed by atoms with Gasteiger partial charge in [-0.05, 0) is 24.1 Å². The van der Waals surface area contributed by atoms with Gasteiger partial charge in [-0.3, -0.25) is 4.79 Å². The van der Waals surface area contributed by atoms with Gasteiger partial charge in [-0.2, -0.15) is 0 Å². The Morgan fingerprint density at radius 3 is 2.70 bits per heavy atom. The van der Waals surface area contributed by atoms with E-state index in [4.69, 9.17) is 0 Å². The lowest BCUT2D eigenvalue weighted by atomic mass is 10.2. The van der Waals surface area contributed by atoms with Crippen LogP contribution in [0, 0.1) is 5.92 Å². The van der Waals surface area contributed by atoms with Gasteiger partial charge < -0.3 is 15.4 Å². The van der Waals surface area contributed by atoms with Gasteiger partial charge >= 0.3 is 5.97 Å². The predicted octanol–water partition coefficient (Wildman–Crippen LogP) is 2.05. The molecule has 0 aliphatic carbocycles. The summed E-state index contributed by atoms with van der Waals surface area (Å²) in [7, 11) is 1.35. The predicted molar refractivity (Wildman–Crippen MR) is 78.7 cm³/mol. The molecule has 0 heterocycles. The number of rotatable bonds is 7. The molecule has 0 aromatic heterocycles. The molecule has 0 aliphatic heterocycles. The largest absolute Gasteiger partial charge is 0.465 e. The molecule has 0 spiro atoms. The Kier molecular flexibility index (Phi) is 6.56. The van der Waals surface area contributed by atoms with Crippen molar-refractivity contribution in [3.8, 4) is 0 Å². The lowest BCUT2D eigenvalue weighted by Crippen LogP contribution is -2.28. The number of amides is 1. The molecule has 0 bridgehead atoms. The molecule has 2 N–H and O–H groups in total. The molecule has 0 fully saturated rings. The van der Waals surface area contributed by atoms with Gasteiger partial charge in [0, 0.05) is 25.2 Å². The molecule has 0 aliphatic rings. The third-order valence-corrected chi connectivity index (χ3v) is 2.67. The van der Waals surface area contributed by atoms with E-state index in [0.29, 0.717) is 31.0 Å². The maximum Gasteiger partial charge on any atom is 0.337 e. The average molecular weight is 278 g/mol. The van der Waals surface area contributed by atoms with Crippen LogP contribution < -0.4 is 10.6 Å². The molecule has 5 nitrogen and oxygen atoms in total. The number of carbonyl (C=O) groups excluding carboxylic acids is 2. The summed E-state index contributed by atoms with van der Waals surface area (Å²) in [4.78, 5) is 22.9. The molecule has 5 heteroatoms. The molecule has 0 atom stereocenters. The van der Waals surface area contributed by atoms with Gasteiger partial charge in [0.2, 0.25) is 5.91 Å². The first-order valence-electron chi connectivity index (χ1n) is 6.72. The maximum absolute atomic E-state index is 11.5. The van der Waals surface area contributed by atoms with Crippen LogP contribution in [0.1, 0.15) is 30.6 Å². The lowest BCUT2D eigenvalue weighted by molar-refractivity contribution is -0.120. The van der Waals surface area contributed by atoms with Crippen LogP contribution in [0.15, 0.2) is 24.3 Å². The highest BCUT2D eigenvalue weighted by molar-refractivity contribution is 5.90. The fraction of sp³-hybridized carbons (Fsp3) is 0.467. The summed E-state index contributed by atoms with van der Waals surface area (Å²) in [6.07, 6.45) is 0.398. The third kappa shape index (κ3) is 5.73. The zero-order valence-electron chi connectivity index (χ0n) is 12.2. The zero-order valence-corrected chi connectivity index (χ0v) is 12.2. The van der Waals surface area contributed by atoms with Crippen molar-refractivity contribution >= 4 is 17.6 Å². The van der Waals surface area contributed by atoms with E-state index in [9.17, 15) is 9.59 Å². The van der Waals surface area contributed by atoms with Crippen LogP contribution in [0.2, 0.25) is 0 Å². The number of nitrogens with one attached hydrogen (secondary N) is 2. The molecule has 1 amide bonds. The molecule has 1 aromatic carbocycles. The van der Waals surface area contributed by atoms with Crippen molar-refractivity contribution in [3.05, 3.63) is 29.8 Å². The highest BCUT2D eigenvalue weighted by atomic mass is 16.5. The molecule has 20 heavy (non-hydrogen) atoms. The molecule has 1 rings (SSSR count). The van der Waals surface area contributed by atoms with Gasteiger partial charge in [0.15, 0.2) is 0 Å². The van der Waals surface area contributed by atoms with Gasteiger partial charge in [-0.1, -0.05) is 19.9 Å². The van der Waals surface area contributed by atoms with E-state index in [-0.39, 0.29) is 11.9 Å². The monoisotopic (exact) mass is 278 g/mol. The number of hydrogen-bond acceptors (Lipinski definition) is 4. The van der Waals surface area contributed by atoms with E-state index >= 15 is 0 Å². The summed E-state index contributed by atoms with van der Waals surface area (Å²) in [5.74, 6) is 0.0993. The van der Waals surface area contributed by atoms with Crippen LogP contribution in [-0.4, -0.2) is 32.1 Å². The Morgan fingerprint density at radius 2 is 2.05 bits per heavy atom. The molecule has 0 saturated carbocycles. The van der Waals surface area contributed by atoms with Crippen LogP contribution in [-0.2, 0) is 9.53 Å². The van der Waals surface area contributed by atoms with E-state index in [1.165, 1.54) is 7.11 Å². The first kappa shape index (κ1) is 16.0. The lowest BCUT2D eigenvalue weighted by Gasteiger charge is -2.09. The third-order valence-electron chi connectivity index (χ3n) is 2.67. The van der Waals surface area contributed by atoms with Gasteiger partial charge in [-0.25, -0.2) is 4.79 Å². The smallest absolute Gasteiger partial charge is 0.337 e. The number of esters is 1. The van der Waals surface area contributed by atoms with Crippen molar-refractivity contribution in [2.24, 2.45) is 5.92 Å². The topological polar surface area (TPSA) is 67.4 Å². The van der Waals surface area contributed by atoms with E-state index < -0.39 is 0 Å². The Hall–Kier alpha value is -2.04. The van der Waals surface area contributed by atoms with Crippen molar-refractivity contribution < 1.29 is 14.3 Å². The number of anilines is 1. The van der Waals surface area contributed by atoms with E-state index in [1.54, 1.807) is 18.2 Å². The van der Waals surface area contributed by atoms with Crippen molar-refractivity contribution in [1.82, 2.24) is 5.32 Å². The Morgan fingerprint density at radius 1 is 1.30 bits per heavy atom. The summed E-state index contributed by atoms with van der Waals surface area (Å²) < 4.78 is 4.66. The minimum absolute atomic E-state index is 0.0234. The first-order chi connectivity index (χ1) is 9.52. The van der Waals surface area contributed by atoms with Crippen LogP contribution >= 0.6 is 0 Å². The van der Waals surface area contributed by atoms with Gasteiger partial charge in [-0.15, -0.1) is 0 Å². The number of hydrogen-bond donors (Lipinski definition) is 2. The van der Waals surface area contributed by atoms with Crippen LogP contribution in [0.4, 0.5) is 5.69 Å². The molecule has 110 valence electrons. The van der Waals surface area contributed by atoms with Crippen molar-refractivity contribution in [1.29, 1.82) is 0 Å². The summed E-state index contributed by atoms with van der Waals surface area (Å²) in [6.45, 7) is 5.32. The molecule has 1 aromatic rings. The number of carbonyl (C=O) groups is 2. The Labute approximate surface area is 119 Å². The van der Waals surface area contributed by atoms with Crippen LogP contribution in [0.5, 0.6) is 0 Å². The highest BCUT2D eigenvalue weighted by Crippen LogP contribution is 2.11. The summed E-state index contributed by atoms with van der Waals surface area (Å²) in [5, 5.41) is 5.97. The van der Waals surface area contributed by atoms with E-state index in [1.807, 2.05) is 6.07 Å². The minimum Gasteiger partial charge on any atom is -0.465 e. The fourth-order valence-electron chi connectivity index (χ4n) is 1.60. The van der Waals surface area contributed by atoms with Gasteiger partial charge in [0.25, 0.3) is 0 Å². The van der Waals surface area contributed by atoms with Gasteiger partial charge in [0.05, 0.1) is 12.7 Å². The van der Waals surface area contributed by atoms with Crippen molar-refractivity contribution in [2.75, 3.05) is 25.5 Å². The molecular formula is C15H22N2O3. The van der Waals surface area contributed by atoms with E-state index in [0.717, 1.165) is 5.69 Å². The van der Waals surface area contributed by atoms with Crippen LogP contribution in [0.25, 0.3) is 0 Å². The fourth-order valence-corrected chi connectivity index (χ4v) is 1.60. The minimum atomic E-state index is -0.372. The molecule has 0 unspecified atom stereocenters. The summed E-state index contributed by atoms with van der Waals surface area (Å²) >= 11 is 0. The second-order valence-electron chi connectivity index (χ2n) is 4.95. The van der Waals surface area contributed by atoms with Crippen molar-refractivity contribution in [3.63, 3.8) is 0 Å².